The van der Waals surface area contributed by atoms with Crippen LogP contribution in [-0.2, 0) is 10.0 Å². The van der Waals surface area contributed by atoms with E-state index in [0.29, 0.717) is 23.8 Å². The molecule has 1 aromatic rings. The zero-order valence-electron chi connectivity index (χ0n) is 13.6. The largest absolute Gasteiger partial charge is 0.398 e. The van der Waals surface area contributed by atoms with E-state index in [1.165, 1.54) is 0 Å². The summed E-state index contributed by atoms with van der Waals surface area (Å²) in [5.41, 5.74) is 7.81. The fourth-order valence-corrected chi connectivity index (χ4v) is 3.43. The Labute approximate surface area is 128 Å². The second-order valence-corrected chi connectivity index (χ2v) is 7.54. The average molecular weight is 313 g/mol. The molecule has 0 aliphatic rings. The summed E-state index contributed by atoms with van der Waals surface area (Å²) in [4.78, 5) is 2.46. The summed E-state index contributed by atoms with van der Waals surface area (Å²) < 4.78 is 27.4. The Morgan fingerprint density at radius 1 is 1.29 bits per heavy atom. The van der Waals surface area contributed by atoms with Crippen LogP contribution in [0.1, 0.15) is 31.4 Å². The van der Waals surface area contributed by atoms with Gasteiger partial charge in [0.15, 0.2) is 0 Å². The van der Waals surface area contributed by atoms with Crippen molar-refractivity contribution in [1.82, 2.24) is 9.62 Å². The highest BCUT2D eigenvalue weighted by Gasteiger charge is 2.18. The van der Waals surface area contributed by atoms with E-state index in [0.717, 1.165) is 18.5 Å². The van der Waals surface area contributed by atoms with Gasteiger partial charge in [-0.1, -0.05) is 0 Å². The summed E-state index contributed by atoms with van der Waals surface area (Å²) in [7, 11) is -1.47. The molecule has 120 valence electrons. The summed E-state index contributed by atoms with van der Waals surface area (Å²) in [5.74, 6) is 0. The Kier molecular flexibility index (Phi) is 6.19. The van der Waals surface area contributed by atoms with E-state index >= 15 is 0 Å². The number of hydrogen-bond donors (Lipinski definition) is 2. The molecule has 0 fully saturated rings. The zero-order valence-corrected chi connectivity index (χ0v) is 14.4. The SMILES string of the molecule is Cc1cc(N)c(C)c(S(=O)(=O)NCCCN(C)C(C)C)c1. The van der Waals surface area contributed by atoms with Crippen LogP contribution in [0.2, 0.25) is 0 Å². The molecule has 0 radical (unpaired) electrons. The molecule has 3 N–H and O–H groups in total. The molecule has 0 atom stereocenters. The van der Waals surface area contributed by atoms with Gasteiger partial charge in [-0.15, -0.1) is 0 Å². The molecular formula is C15H27N3O2S. The third kappa shape index (κ3) is 4.98. The van der Waals surface area contributed by atoms with Crippen molar-refractivity contribution in [3.8, 4) is 0 Å². The number of nitrogens with zero attached hydrogens (tertiary/aromatic N) is 1. The van der Waals surface area contributed by atoms with E-state index in [2.05, 4.69) is 23.5 Å². The van der Waals surface area contributed by atoms with Crippen LogP contribution in [0, 0.1) is 13.8 Å². The second kappa shape index (κ2) is 7.24. The van der Waals surface area contributed by atoms with Gasteiger partial charge in [0, 0.05) is 18.3 Å². The molecule has 1 rings (SSSR count). The van der Waals surface area contributed by atoms with E-state index in [1.54, 1.807) is 19.1 Å². The summed E-state index contributed by atoms with van der Waals surface area (Å²) >= 11 is 0. The maximum absolute atomic E-state index is 12.4. The summed E-state index contributed by atoms with van der Waals surface area (Å²) in [6.07, 6.45) is 0.772. The molecule has 0 aromatic heterocycles. The van der Waals surface area contributed by atoms with E-state index in [1.807, 2.05) is 14.0 Å². The van der Waals surface area contributed by atoms with E-state index < -0.39 is 10.0 Å². The van der Waals surface area contributed by atoms with Gasteiger partial charge in [-0.25, -0.2) is 13.1 Å². The number of rotatable bonds is 7. The number of hydrogen-bond acceptors (Lipinski definition) is 4. The number of aryl methyl sites for hydroxylation is 1. The molecule has 0 unspecified atom stereocenters. The van der Waals surface area contributed by atoms with Gasteiger partial charge >= 0.3 is 0 Å². The normalized spacial score (nSPS) is 12.3. The van der Waals surface area contributed by atoms with Crippen LogP contribution in [0.5, 0.6) is 0 Å². The monoisotopic (exact) mass is 313 g/mol. The lowest BCUT2D eigenvalue weighted by atomic mass is 10.1. The minimum atomic E-state index is -3.50. The second-order valence-electron chi connectivity index (χ2n) is 5.80. The molecular weight excluding hydrogens is 286 g/mol. The predicted octanol–water partition coefficient (Wildman–Crippen LogP) is 1.89. The smallest absolute Gasteiger partial charge is 0.240 e. The van der Waals surface area contributed by atoms with Crippen LogP contribution in [0.4, 0.5) is 5.69 Å². The Morgan fingerprint density at radius 3 is 2.48 bits per heavy atom. The molecule has 0 heterocycles. The minimum Gasteiger partial charge on any atom is -0.398 e. The standard InChI is InChI=1S/C15H27N3O2S/c1-11(2)18(5)8-6-7-17-21(19,20)15-10-12(3)9-14(16)13(15)4/h9-11,17H,6-8,16H2,1-5H3. The van der Waals surface area contributed by atoms with Gasteiger partial charge in [0.1, 0.15) is 0 Å². The van der Waals surface area contributed by atoms with Crippen LogP contribution in [0.25, 0.3) is 0 Å². The molecule has 5 nitrogen and oxygen atoms in total. The highest BCUT2D eigenvalue weighted by atomic mass is 32.2. The number of sulfonamides is 1. The van der Waals surface area contributed by atoms with Gasteiger partial charge in [0.05, 0.1) is 4.90 Å². The van der Waals surface area contributed by atoms with Crippen molar-refractivity contribution in [2.45, 2.75) is 45.1 Å². The number of anilines is 1. The fourth-order valence-electron chi connectivity index (χ4n) is 2.00. The fraction of sp³-hybridized carbons (Fsp3) is 0.600. The highest BCUT2D eigenvalue weighted by molar-refractivity contribution is 7.89. The van der Waals surface area contributed by atoms with Gasteiger partial charge < -0.3 is 10.6 Å². The summed E-state index contributed by atoms with van der Waals surface area (Å²) in [6, 6.07) is 3.90. The molecule has 0 spiro atoms. The van der Waals surface area contributed by atoms with Crippen molar-refractivity contribution in [3.63, 3.8) is 0 Å². The molecule has 0 aliphatic heterocycles. The van der Waals surface area contributed by atoms with Crippen molar-refractivity contribution in [3.05, 3.63) is 23.3 Å². The summed E-state index contributed by atoms with van der Waals surface area (Å²) in [5, 5.41) is 0. The first-order valence-corrected chi connectivity index (χ1v) is 8.70. The Bertz CT molecular complexity index is 583. The lowest BCUT2D eigenvalue weighted by Gasteiger charge is -2.20. The van der Waals surface area contributed by atoms with Gasteiger partial charge in [0.2, 0.25) is 10.0 Å². The van der Waals surface area contributed by atoms with Crippen LogP contribution < -0.4 is 10.5 Å². The zero-order chi connectivity index (χ0) is 16.2. The van der Waals surface area contributed by atoms with Crippen molar-refractivity contribution >= 4 is 15.7 Å². The van der Waals surface area contributed by atoms with Crippen molar-refractivity contribution in [2.24, 2.45) is 0 Å². The first kappa shape index (κ1) is 17.9. The van der Waals surface area contributed by atoms with Gasteiger partial charge in [-0.05, 0) is 71.0 Å². The van der Waals surface area contributed by atoms with Crippen LogP contribution in [0.15, 0.2) is 17.0 Å². The van der Waals surface area contributed by atoms with Gasteiger partial charge in [-0.2, -0.15) is 0 Å². The Balaban J connectivity index is 2.71. The van der Waals surface area contributed by atoms with Crippen molar-refractivity contribution < 1.29 is 8.42 Å². The molecule has 0 aliphatic carbocycles. The topological polar surface area (TPSA) is 75.4 Å². The van der Waals surface area contributed by atoms with Crippen LogP contribution in [0.3, 0.4) is 0 Å². The van der Waals surface area contributed by atoms with Crippen molar-refractivity contribution in [1.29, 1.82) is 0 Å². The number of nitrogens with one attached hydrogen (secondary N) is 1. The molecule has 6 heteroatoms. The summed E-state index contributed by atoms with van der Waals surface area (Å²) in [6.45, 7) is 9.08. The minimum absolute atomic E-state index is 0.275. The quantitative estimate of drug-likeness (QED) is 0.595. The maximum Gasteiger partial charge on any atom is 0.240 e. The van der Waals surface area contributed by atoms with Crippen molar-refractivity contribution in [2.75, 3.05) is 25.9 Å². The maximum atomic E-state index is 12.4. The van der Waals surface area contributed by atoms with E-state index in [9.17, 15) is 8.42 Å². The van der Waals surface area contributed by atoms with E-state index in [4.69, 9.17) is 5.73 Å². The lowest BCUT2D eigenvalue weighted by molar-refractivity contribution is 0.271. The van der Waals surface area contributed by atoms with Crippen LogP contribution in [-0.4, -0.2) is 39.5 Å². The molecule has 21 heavy (non-hydrogen) atoms. The molecule has 0 saturated carbocycles. The first-order valence-electron chi connectivity index (χ1n) is 7.21. The van der Waals surface area contributed by atoms with Crippen LogP contribution >= 0.6 is 0 Å². The molecule has 0 saturated heterocycles. The van der Waals surface area contributed by atoms with Gasteiger partial charge in [0.25, 0.3) is 0 Å². The van der Waals surface area contributed by atoms with E-state index in [-0.39, 0.29) is 4.90 Å². The third-order valence-corrected chi connectivity index (χ3v) is 5.28. The third-order valence-electron chi connectivity index (χ3n) is 3.70. The Hall–Kier alpha value is -1.11. The number of benzene rings is 1. The predicted molar refractivity (Wildman–Crippen MR) is 87.9 cm³/mol. The lowest BCUT2D eigenvalue weighted by Crippen LogP contribution is -2.31. The Morgan fingerprint density at radius 2 is 1.90 bits per heavy atom. The first-order chi connectivity index (χ1) is 9.65. The molecule has 0 amide bonds. The number of nitrogen functional groups attached to an aromatic ring is 1. The molecule has 0 bridgehead atoms. The highest BCUT2D eigenvalue weighted by Crippen LogP contribution is 2.22. The molecule has 1 aromatic carbocycles. The number of nitrogens with two attached hydrogens (primary N) is 1. The van der Waals surface area contributed by atoms with Gasteiger partial charge in [-0.3, -0.25) is 0 Å². The average Bonchev–Trinajstić information content (AvgIpc) is 2.38.